The first kappa shape index (κ1) is 12.6. The van der Waals surface area contributed by atoms with E-state index in [-0.39, 0.29) is 12.0 Å². The van der Waals surface area contributed by atoms with Crippen LogP contribution in [0.3, 0.4) is 0 Å². The molecule has 2 aromatic rings. The van der Waals surface area contributed by atoms with Gasteiger partial charge in [-0.25, -0.2) is 13.8 Å². The Kier molecular flexibility index (Phi) is 3.66. The van der Waals surface area contributed by atoms with Crippen LogP contribution in [-0.2, 0) is 11.2 Å². The van der Waals surface area contributed by atoms with Crippen LogP contribution < -0.4 is 5.32 Å². The summed E-state index contributed by atoms with van der Waals surface area (Å²) < 4.78 is 26.2. The molecule has 94 valence electrons. The molecule has 0 fully saturated rings. The van der Waals surface area contributed by atoms with Gasteiger partial charge in [0.25, 0.3) is 0 Å². The summed E-state index contributed by atoms with van der Waals surface area (Å²) in [6.45, 7) is 1.81. The van der Waals surface area contributed by atoms with Crippen molar-refractivity contribution < 1.29 is 13.6 Å². The van der Waals surface area contributed by atoms with Gasteiger partial charge in [0.2, 0.25) is 5.91 Å². The number of nitrogens with zero attached hydrogens (tertiary/aromatic N) is 1. The van der Waals surface area contributed by atoms with Crippen LogP contribution in [0.15, 0.2) is 24.4 Å². The zero-order valence-electron chi connectivity index (χ0n) is 9.54. The molecule has 0 atom stereocenters. The van der Waals surface area contributed by atoms with Gasteiger partial charge in [-0.3, -0.25) is 4.79 Å². The quantitative estimate of drug-likeness (QED) is 0.930. The number of benzene rings is 1. The average Bonchev–Trinajstić information content (AvgIpc) is 2.69. The van der Waals surface area contributed by atoms with Crippen molar-refractivity contribution in [2.24, 2.45) is 0 Å². The SMILES string of the molecule is Cc1ncc(NC(=O)Cc2cc(F)ccc2F)s1. The summed E-state index contributed by atoms with van der Waals surface area (Å²) in [7, 11) is 0. The Morgan fingerprint density at radius 3 is 2.89 bits per heavy atom. The van der Waals surface area contributed by atoms with E-state index in [1.807, 2.05) is 6.92 Å². The lowest BCUT2D eigenvalue weighted by Crippen LogP contribution is -2.14. The summed E-state index contributed by atoms with van der Waals surface area (Å²) in [6, 6.07) is 3.05. The van der Waals surface area contributed by atoms with E-state index in [1.165, 1.54) is 17.5 Å². The number of halogens is 2. The van der Waals surface area contributed by atoms with Crippen LogP contribution >= 0.6 is 11.3 Å². The van der Waals surface area contributed by atoms with Gasteiger partial charge in [0.1, 0.15) is 16.6 Å². The first-order chi connectivity index (χ1) is 8.54. The predicted octanol–water partition coefficient (Wildman–Crippen LogP) is 2.91. The van der Waals surface area contributed by atoms with Gasteiger partial charge in [0.15, 0.2) is 0 Å². The topological polar surface area (TPSA) is 42.0 Å². The Morgan fingerprint density at radius 2 is 2.22 bits per heavy atom. The highest BCUT2D eigenvalue weighted by Gasteiger charge is 2.10. The average molecular weight is 268 g/mol. The number of carbonyl (C=O) groups excluding carboxylic acids is 1. The van der Waals surface area contributed by atoms with Crippen LogP contribution in [0.5, 0.6) is 0 Å². The van der Waals surface area contributed by atoms with Crippen molar-refractivity contribution >= 4 is 22.2 Å². The minimum Gasteiger partial charge on any atom is -0.316 e. The Balaban J connectivity index is 2.05. The van der Waals surface area contributed by atoms with Crippen LogP contribution in [0.2, 0.25) is 0 Å². The zero-order chi connectivity index (χ0) is 13.1. The third-order valence-electron chi connectivity index (χ3n) is 2.24. The number of aryl methyl sites for hydroxylation is 1. The Bertz CT molecular complexity index is 583. The van der Waals surface area contributed by atoms with Crippen LogP contribution in [0.25, 0.3) is 0 Å². The van der Waals surface area contributed by atoms with Crippen molar-refractivity contribution in [3.63, 3.8) is 0 Å². The molecule has 1 aromatic heterocycles. The van der Waals surface area contributed by atoms with E-state index in [0.29, 0.717) is 5.00 Å². The summed E-state index contributed by atoms with van der Waals surface area (Å²) in [6.07, 6.45) is 1.32. The van der Waals surface area contributed by atoms with Gasteiger partial charge in [0, 0.05) is 5.56 Å². The van der Waals surface area contributed by atoms with Crippen molar-refractivity contribution in [1.29, 1.82) is 0 Å². The van der Waals surface area contributed by atoms with Crippen LogP contribution in [0, 0.1) is 18.6 Å². The molecule has 2 rings (SSSR count). The van der Waals surface area contributed by atoms with Gasteiger partial charge in [-0.15, -0.1) is 11.3 Å². The van der Waals surface area contributed by atoms with Gasteiger partial charge < -0.3 is 5.32 Å². The first-order valence-corrected chi connectivity index (χ1v) is 6.02. The van der Waals surface area contributed by atoms with Crippen molar-refractivity contribution in [3.05, 3.63) is 46.6 Å². The molecule has 0 radical (unpaired) electrons. The molecule has 0 aliphatic rings. The maximum Gasteiger partial charge on any atom is 0.229 e. The summed E-state index contributed by atoms with van der Waals surface area (Å²) >= 11 is 1.32. The molecule has 0 unspecified atom stereocenters. The molecular formula is C12H10F2N2OS. The highest BCUT2D eigenvalue weighted by molar-refractivity contribution is 7.15. The number of nitrogens with one attached hydrogen (secondary N) is 1. The highest BCUT2D eigenvalue weighted by atomic mass is 32.1. The third kappa shape index (κ3) is 3.10. The summed E-state index contributed by atoms with van der Waals surface area (Å²) in [4.78, 5) is 15.6. The van der Waals surface area contributed by atoms with Crippen molar-refractivity contribution in [1.82, 2.24) is 4.98 Å². The van der Waals surface area contributed by atoms with Crippen LogP contribution in [0.4, 0.5) is 13.8 Å². The standard InChI is InChI=1S/C12H10F2N2OS/c1-7-15-6-12(18-7)16-11(17)5-8-4-9(13)2-3-10(8)14/h2-4,6H,5H2,1H3,(H,16,17). The highest BCUT2D eigenvalue weighted by Crippen LogP contribution is 2.18. The normalized spacial score (nSPS) is 10.4. The Morgan fingerprint density at radius 1 is 1.44 bits per heavy atom. The fourth-order valence-corrected chi connectivity index (χ4v) is 2.15. The lowest BCUT2D eigenvalue weighted by atomic mass is 10.1. The van der Waals surface area contributed by atoms with E-state index in [2.05, 4.69) is 10.3 Å². The molecule has 6 heteroatoms. The minimum absolute atomic E-state index is 0.0359. The van der Waals surface area contributed by atoms with Crippen LogP contribution in [0.1, 0.15) is 10.6 Å². The molecule has 0 saturated heterocycles. The van der Waals surface area contributed by atoms with E-state index in [1.54, 1.807) is 0 Å². The molecule has 0 saturated carbocycles. The maximum absolute atomic E-state index is 13.3. The van der Waals surface area contributed by atoms with E-state index >= 15 is 0 Å². The second-order valence-electron chi connectivity index (χ2n) is 3.70. The smallest absolute Gasteiger partial charge is 0.229 e. The van der Waals surface area contributed by atoms with Gasteiger partial charge in [-0.05, 0) is 25.1 Å². The second-order valence-corrected chi connectivity index (χ2v) is 4.94. The van der Waals surface area contributed by atoms with Gasteiger partial charge in [0.05, 0.1) is 17.6 Å². The number of anilines is 1. The molecule has 18 heavy (non-hydrogen) atoms. The molecule has 1 N–H and O–H groups in total. The van der Waals surface area contributed by atoms with E-state index in [4.69, 9.17) is 0 Å². The molecule has 1 heterocycles. The predicted molar refractivity (Wildman–Crippen MR) is 65.5 cm³/mol. The summed E-state index contributed by atoms with van der Waals surface area (Å²) in [5.74, 6) is -1.55. The molecule has 1 aromatic carbocycles. The number of thiazole rings is 1. The van der Waals surface area contributed by atoms with Gasteiger partial charge in [-0.2, -0.15) is 0 Å². The molecule has 3 nitrogen and oxygen atoms in total. The number of rotatable bonds is 3. The van der Waals surface area contributed by atoms with Crippen molar-refractivity contribution in [2.75, 3.05) is 5.32 Å². The molecule has 0 aliphatic heterocycles. The Labute approximate surface area is 106 Å². The molecule has 1 amide bonds. The minimum atomic E-state index is -0.591. The molecule has 0 bridgehead atoms. The number of amides is 1. The number of hydrogen-bond acceptors (Lipinski definition) is 3. The van der Waals surface area contributed by atoms with Crippen molar-refractivity contribution in [3.8, 4) is 0 Å². The van der Waals surface area contributed by atoms with E-state index in [0.717, 1.165) is 23.2 Å². The monoisotopic (exact) mass is 268 g/mol. The van der Waals surface area contributed by atoms with E-state index in [9.17, 15) is 13.6 Å². The number of carbonyl (C=O) groups is 1. The lowest BCUT2D eigenvalue weighted by Gasteiger charge is -2.03. The third-order valence-corrected chi connectivity index (χ3v) is 3.07. The number of hydrogen-bond donors (Lipinski definition) is 1. The van der Waals surface area contributed by atoms with Crippen molar-refractivity contribution in [2.45, 2.75) is 13.3 Å². The maximum atomic E-state index is 13.3. The zero-order valence-corrected chi connectivity index (χ0v) is 10.4. The molecular weight excluding hydrogens is 258 g/mol. The first-order valence-electron chi connectivity index (χ1n) is 5.21. The fourth-order valence-electron chi connectivity index (χ4n) is 1.45. The summed E-state index contributed by atoms with van der Waals surface area (Å²) in [5.41, 5.74) is 0.0359. The van der Waals surface area contributed by atoms with Gasteiger partial charge in [-0.1, -0.05) is 0 Å². The van der Waals surface area contributed by atoms with Crippen LogP contribution in [-0.4, -0.2) is 10.9 Å². The van der Waals surface area contributed by atoms with E-state index < -0.39 is 17.5 Å². The van der Waals surface area contributed by atoms with Gasteiger partial charge >= 0.3 is 0 Å². The largest absolute Gasteiger partial charge is 0.316 e. The second kappa shape index (κ2) is 5.22. The lowest BCUT2D eigenvalue weighted by molar-refractivity contribution is -0.115. The fraction of sp³-hybridized carbons (Fsp3) is 0.167. The number of aromatic nitrogens is 1. The molecule has 0 aliphatic carbocycles. The molecule has 0 spiro atoms. The Hall–Kier alpha value is -1.82. The summed E-state index contributed by atoms with van der Waals surface area (Å²) in [5, 5.41) is 4.00.